The summed E-state index contributed by atoms with van der Waals surface area (Å²) in [4.78, 5) is 23.2. The van der Waals surface area contributed by atoms with Crippen molar-refractivity contribution >= 4 is 28.8 Å². The van der Waals surface area contributed by atoms with Gasteiger partial charge in [-0.15, -0.1) is 0 Å². The number of hydrogen-bond donors (Lipinski definition) is 2. The van der Waals surface area contributed by atoms with Gasteiger partial charge in [-0.2, -0.15) is 0 Å². The van der Waals surface area contributed by atoms with Crippen molar-refractivity contribution in [3.63, 3.8) is 0 Å². The quantitative estimate of drug-likeness (QED) is 0.473. The van der Waals surface area contributed by atoms with Crippen LogP contribution in [-0.4, -0.2) is 64.1 Å². The van der Waals surface area contributed by atoms with Gasteiger partial charge in [-0.25, -0.2) is 4.79 Å². The van der Waals surface area contributed by atoms with Gasteiger partial charge in [0, 0.05) is 31.4 Å². The van der Waals surface area contributed by atoms with Crippen LogP contribution in [-0.2, 0) is 9.47 Å². The summed E-state index contributed by atoms with van der Waals surface area (Å²) in [5, 5.41) is 12.8. The first kappa shape index (κ1) is 19.7. The van der Waals surface area contributed by atoms with Gasteiger partial charge in [-0.3, -0.25) is 4.79 Å². The van der Waals surface area contributed by atoms with Gasteiger partial charge in [0.05, 0.1) is 26.4 Å². The van der Waals surface area contributed by atoms with Crippen LogP contribution in [0.4, 0.5) is 10.5 Å². The molecule has 7 nitrogen and oxygen atoms in total. The molecule has 2 rings (SSSR count). The minimum absolute atomic E-state index is 0.272. The van der Waals surface area contributed by atoms with Gasteiger partial charge in [-0.05, 0) is 29.0 Å². The van der Waals surface area contributed by atoms with Crippen molar-refractivity contribution in [1.29, 1.82) is 0 Å². The Kier molecular flexibility index (Phi) is 7.85. The van der Waals surface area contributed by atoms with Gasteiger partial charge < -0.3 is 24.8 Å². The smallest absolute Gasteiger partial charge is 0.404 e. The molecule has 0 aromatic heterocycles. The number of nitrogens with one attached hydrogen (secondary N) is 1. The molecule has 2 aromatic carbocycles. The molecular weight excluding hydrogens is 336 g/mol. The van der Waals surface area contributed by atoms with Gasteiger partial charge in [-0.1, -0.05) is 18.2 Å². The molecule has 0 aliphatic carbocycles. The number of nitrogens with zero attached hydrogens (tertiary/aromatic N) is 1. The van der Waals surface area contributed by atoms with E-state index in [-0.39, 0.29) is 6.54 Å². The number of carbonyl (C=O) groups excluding carboxylic acids is 1. The first-order chi connectivity index (χ1) is 12.6. The number of aldehydes is 1. The standard InChI is InChI=1S/C19H24N2O5/c1-21(7-9-26-11-10-25-8-6-20-19(23)24)18-5-4-16-12-15(14-22)2-3-17(16)13-18/h2-5,12-14,20H,6-11H2,1H3,(H,23,24). The summed E-state index contributed by atoms with van der Waals surface area (Å²) in [5.74, 6) is 0. The number of amides is 1. The third-order valence-electron chi connectivity index (χ3n) is 3.89. The van der Waals surface area contributed by atoms with E-state index in [0.717, 1.165) is 29.3 Å². The second-order valence-electron chi connectivity index (χ2n) is 5.79. The van der Waals surface area contributed by atoms with E-state index in [2.05, 4.69) is 16.3 Å². The molecule has 0 atom stereocenters. The minimum atomic E-state index is -1.05. The van der Waals surface area contributed by atoms with Crippen molar-refractivity contribution in [2.24, 2.45) is 0 Å². The Hall–Kier alpha value is -2.64. The fraction of sp³-hybridized carbons (Fsp3) is 0.368. The molecule has 1 amide bonds. The number of carboxylic acid groups (broad SMARTS) is 1. The molecule has 2 N–H and O–H groups in total. The molecule has 0 radical (unpaired) electrons. The number of rotatable bonds is 11. The van der Waals surface area contributed by atoms with Gasteiger partial charge in [0.15, 0.2) is 0 Å². The number of carbonyl (C=O) groups is 2. The van der Waals surface area contributed by atoms with Crippen molar-refractivity contribution in [3.05, 3.63) is 42.0 Å². The highest BCUT2D eigenvalue weighted by Crippen LogP contribution is 2.22. The van der Waals surface area contributed by atoms with E-state index >= 15 is 0 Å². The zero-order valence-corrected chi connectivity index (χ0v) is 14.8. The van der Waals surface area contributed by atoms with Crippen LogP contribution in [0.25, 0.3) is 10.8 Å². The van der Waals surface area contributed by atoms with Gasteiger partial charge >= 0.3 is 6.09 Å². The summed E-state index contributed by atoms with van der Waals surface area (Å²) in [7, 11) is 2.00. The summed E-state index contributed by atoms with van der Waals surface area (Å²) in [6.07, 6.45) is -0.200. The Morgan fingerprint density at radius 3 is 2.50 bits per heavy atom. The van der Waals surface area contributed by atoms with Crippen molar-refractivity contribution in [2.75, 3.05) is 51.5 Å². The Morgan fingerprint density at radius 2 is 1.77 bits per heavy atom. The first-order valence-corrected chi connectivity index (χ1v) is 8.42. The van der Waals surface area contributed by atoms with E-state index in [1.54, 1.807) is 0 Å². The molecule has 0 spiro atoms. The molecule has 2 aromatic rings. The lowest BCUT2D eigenvalue weighted by molar-refractivity contribution is 0.0516. The maximum Gasteiger partial charge on any atom is 0.404 e. The van der Waals surface area contributed by atoms with Crippen molar-refractivity contribution in [1.82, 2.24) is 5.32 Å². The SMILES string of the molecule is CN(CCOCCOCCNC(=O)O)c1ccc2cc(C=O)ccc2c1. The minimum Gasteiger partial charge on any atom is -0.465 e. The molecule has 140 valence electrons. The molecule has 0 unspecified atom stereocenters. The third-order valence-corrected chi connectivity index (χ3v) is 3.89. The Morgan fingerprint density at radius 1 is 1.08 bits per heavy atom. The maximum absolute atomic E-state index is 10.8. The molecular formula is C19H24N2O5. The summed E-state index contributed by atoms with van der Waals surface area (Å²) >= 11 is 0. The Labute approximate surface area is 152 Å². The van der Waals surface area contributed by atoms with Gasteiger partial charge in [0.2, 0.25) is 0 Å². The molecule has 0 aliphatic heterocycles. The van der Waals surface area contributed by atoms with E-state index < -0.39 is 6.09 Å². The summed E-state index contributed by atoms with van der Waals surface area (Å²) < 4.78 is 10.8. The summed E-state index contributed by atoms with van der Waals surface area (Å²) in [5.41, 5.74) is 1.75. The molecule has 26 heavy (non-hydrogen) atoms. The topological polar surface area (TPSA) is 88.1 Å². The Bertz CT molecular complexity index is 735. The number of ether oxygens (including phenoxy) is 2. The predicted octanol–water partition coefficient (Wildman–Crippen LogP) is 2.39. The fourth-order valence-corrected chi connectivity index (χ4v) is 2.45. The van der Waals surface area contributed by atoms with Crippen LogP contribution in [0.5, 0.6) is 0 Å². The average Bonchev–Trinajstić information content (AvgIpc) is 2.65. The summed E-state index contributed by atoms with van der Waals surface area (Å²) in [6, 6.07) is 11.8. The lowest BCUT2D eigenvalue weighted by atomic mass is 10.1. The van der Waals surface area contributed by atoms with Crippen molar-refractivity contribution in [3.8, 4) is 0 Å². The van der Waals surface area contributed by atoms with Crippen molar-refractivity contribution in [2.45, 2.75) is 0 Å². The van der Waals surface area contributed by atoms with Crippen LogP contribution in [0.1, 0.15) is 10.4 Å². The van der Waals surface area contributed by atoms with E-state index in [1.807, 2.05) is 37.4 Å². The number of benzene rings is 2. The third kappa shape index (κ3) is 6.34. The number of hydrogen-bond acceptors (Lipinski definition) is 5. The molecule has 0 fully saturated rings. The number of fused-ring (bicyclic) bond motifs is 1. The normalized spacial score (nSPS) is 10.7. The van der Waals surface area contributed by atoms with Crippen LogP contribution in [0.2, 0.25) is 0 Å². The zero-order valence-electron chi connectivity index (χ0n) is 14.8. The first-order valence-electron chi connectivity index (χ1n) is 8.42. The highest BCUT2D eigenvalue weighted by Gasteiger charge is 2.03. The van der Waals surface area contributed by atoms with E-state index in [0.29, 0.717) is 32.0 Å². The summed E-state index contributed by atoms with van der Waals surface area (Å²) in [6.45, 7) is 2.80. The second kappa shape index (κ2) is 10.4. The van der Waals surface area contributed by atoms with Gasteiger partial charge in [0.1, 0.15) is 6.29 Å². The van der Waals surface area contributed by atoms with Crippen LogP contribution < -0.4 is 10.2 Å². The monoisotopic (exact) mass is 360 g/mol. The number of likely N-dealkylation sites (N-methyl/N-ethyl adjacent to an activating group) is 1. The second-order valence-corrected chi connectivity index (χ2v) is 5.79. The van der Waals surface area contributed by atoms with E-state index in [4.69, 9.17) is 14.6 Å². The van der Waals surface area contributed by atoms with Crippen LogP contribution in [0.15, 0.2) is 36.4 Å². The van der Waals surface area contributed by atoms with Crippen LogP contribution >= 0.6 is 0 Å². The van der Waals surface area contributed by atoms with E-state index in [9.17, 15) is 9.59 Å². The van der Waals surface area contributed by atoms with Gasteiger partial charge in [0.25, 0.3) is 0 Å². The highest BCUT2D eigenvalue weighted by atomic mass is 16.5. The van der Waals surface area contributed by atoms with Crippen LogP contribution in [0, 0.1) is 0 Å². The predicted molar refractivity (Wildman–Crippen MR) is 100 cm³/mol. The molecule has 0 heterocycles. The largest absolute Gasteiger partial charge is 0.465 e. The fourth-order valence-electron chi connectivity index (χ4n) is 2.45. The maximum atomic E-state index is 10.8. The Balaban J connectivity index is 1.68. The van der Waals surface area contributed by atoms with E-state index in [1.165, 1.54) is 0 Å². The number of anilines is 1. The molecule has 0 bridgehead atoms. The lowest BCUT2D eigenvalue weighted by Crippen LogP contribution is -2.26. The molecule has 0 saturated carbocycles. The highest BCUT2D eigenvalue weighted by molar-refractivity contribution is 5.90. The molecule has 0 saturated heterocycles. The molecule has 7 heteroatoms. The zero-order chi connectivity index (χ0) is 18.8. The van der Waals surface area contributed by atoms with Crippen molar-refractivity contribution < 1.29 is 24.2 Å². The average molecular weight is 360 g/mol. The van der Waals surface area contributed by atoms with Crippen LogP contribution in [0.3, 0.4) is 0 Å². The molecule has 0 aliphatic rings. The lowest BCUT2D eigenvalue weighted by Gasteiger charge is -2.20.